The average molecular weight is 433 g/mol. The molecule has 1 saturated heterocycles. The molecule has 1 aliphatic heterocycles. The van der Waals surface area contributed by atoms with E-state index in [0.717, 1.165) is 42.3 Å². The number of nitrogens with zero attached hydrogens (tertiary/aromatic N) is 6. The highest BCUT2D eigenvalue weighted by molar-refractivity contribution is 5.74. The zero-order valence-corrected chi connectivity index (χ0v) is 19.3. The maximum Gasteiger partial charge on any atom is 0.332 e. The molecule has 170 valence electrons. The van der Waals surface area contributed by atoms with Gasteiger partial charge in [-0.15, -0.1) is 12.8 Å². The van der Waals surface area contributed by atoms with Crippen LogP contribution in [0.5, 0.6) is 0 Å². The van der Waals surface area contributed by atoms with E-state index in [1.807, 2.05) is 24.5 Å². The first kappa shape index (κ1) is 25.9. The van der Waals surface area contributed by atoms with Gasteiger partial charge >= 0.3 is 5.69 Å². The van der Waals surface area contributed by atoms with Crippen molar-refractivity contribution < 1.29 is 4.39 Å². The molecule has 0 radical (unpaired) electrons. The zero-order chi connectivity index (χ0) is 23.7. The van der Waals surface area contributed by atoms with E-state index >= 15 is 0 Å². The van der Waals surface area contributed by atoms with Crippen LogP contribution in [0.4, 0.5) is 10.3 Å². The minimum Gasteiger partial charge on any atom is -0.340 e. The molecular weight excluding hydrogens is 399 g/mol. The number of aryl methyl sites for hydroxylation is 1. The average Bonchev–Trinajstić information content (AvgIpc) is 3.17. The van der Waals surface area contributed by atoms with Gasteiger partial charge in [0.1, 0.15) is 0 Å². The molecule has 2 aromatic heterocycles. The number of rotatable bonds is 3. The number of fused-ring (bicyclic) bond motifs is 1. The van der Waals surface area contributed by atoms with Crippen LogP contribution in [0.2, 0.25) is 0 Å². The molecule has 3 rings (SSSR count). The molecule has 0 spiro atoms. The summed E-state index contributed by atoms with van der Waals surface area (Å²) in [6, 6.07) is 0. The minimum atomic E-state index is -0.352. The van der Waals surface area contributed by atoms with Crippen LogP contribution in [0, 0.1) is 12.8 Å². The molecule has 1 fully saturated rings. The number of hydrogen-bond donors (Lipinski definition) is 0. The first-order chi connectivity index (χ1) is 14.8. The van der Waals surface area contributed by atoms with E-state index in [9.17, 15) is 14.0 Å². The predicted octanol–water partition coefficient (Wildman–Crippen LogP) is 1.89. The van der Waals surface area contributed by atoms with Gasteiger partial charge in [0.2, 0.25) is 5.95 Å². The molecule has 9 heteroatoms. The van der Waals surface area contributed by atoms with Crippen LogP contribution >= 0.6 is 0 Å². The predicted molar refractivity (Wildman–Crippen MR) is 125 cm³/mol. The molecule has 0 aromatic carbocycles. The summed E-state index contributed by atoms with van der Waals surface area (Å²) in [6.45, 7) is 9.82. The fourth-order valence-electron chi connectivity index (χ4n) is 3.17. The van der Waals surface area contributed by atoms with E-state index in [1.165, 1.54) is 17.7 Å². The van der Waals surface area contributed by atoms with Crippen molar-refractivity contribution in [3.05, 3.63) is 44.9 Å². The third kappa shape index (κ3) is 5.73. The van der Waals surface area contributed by atoms with Gasteiger partial charge in [0, 0.05) is 46.8 Å². The molecule has 31 heavy (non-hydrogen) atoms. The summed E-state index contributed by atoms with van der Waals surface area (Å²) in [5.74, 6) is 0.766. The number of hydrogen-bond acceptors (Lipinski definition) is 5. The Morgan fingerprint density at radius 2 is 1.61 bits per heavy atom. The molecule has 0 bridgehead atoms. The van der Waals surface area contributed by atoms with Crippen molar-refractivity contribution >= 4 is 17.1 Å². The van der Waals surface area contributed by atoms with Gasteiger partial charge in [-0.25, -0.2) is 9.18 Å². The standard InChI is InChI=1S/C17H26N6O2.C3H5F.C2H2/c1-6-12(2)11-23-13-14(20(4)17(25)21(5)15(13)24)18-16(23)22-9-7-19(3)8-10-22;1-2-3-4;1-2/h6H,7-11H2,1-5H3;2-3H,1H3;1-2H/b12-6+;3-2+;. The smallest absolute Gasteiger partial charge is 0.332 e. The Bertz CT molecular complexity index is 1060. The normalized spacial score (nSPS) is 14.9. The quantitative estimate of drug-likeness (QED) is 0.547. The van der Waals surface area contributed by atoms with E-state index in [0.29, 0.717) is 24.0 Å². The fourth-order valence-corrected chi connectivity index (χ4v) is 3.17. The van der Waals surface area contributed by atoms with Crippen molar-refractivity contribution in [1.82, 2.24) is 23.6 Å². The van der Waals surface area contributed by atoms with Gasteiger partial charge in [-0.05, 0) is 27.8 Å². The van der Waals surface area contributed by atoms with Crippen molar-refractivity contribution in [2.45, 2.75) is 27.3 Å². The highest BCUT2D eigenvalue weighted by Crippen LogP contribution is 2.22. The van der Waals surface area contributed by atoms with Crippen LogP contribution < -0.4 is 16.1 Å². The van der Waals surface area contributed by atoms with Crippen LogP contribution in [0.3, 0.4) is 0 Å². The lowest BCUT2D eigenvalue weighted by molar-refractivity contribution is 0.310. The monoisotopic (exact) mass is 432 g/mol. The van der Waals surface area contributed by atoms with Crippen molar-refractivity contribution in [2.75, 3.05) is 38.1 Å². The molecular formula is C22H33FN6O2. The number of terminal acetylenes is 1. The first-order valence-corrected chi connectivity index (χ1v) is 10.0. The number of allylic oxidation sites excluding steroid dienone is 3. The van der Waals surface area contributed by atoms with E-state index in [2.05, 4.69) is 29.7 Å². The van der Waals surface area contributed by atoms with Gasteiger partial charge in [0.05, 0.1) is 6.33 Å². The van der Waals surface area contributed by atoms with E-state index in [1.54, 1.807) is 14.0 Å². The minimum absolute atomic E-state index is 0.296. The van der Waals surface area contributed by atoms with Gasteiger partial charge < -0.3 is 14.4 Å². The molecule has 3 heterocycles. The molecule has 0 amide bonds. The number of anilines is 1. The van der Waals surface area contributed by atoms with Gasteiger partial charge in [-0.2, -0.15) is 4.98 Å². The van der Waals surface area contributed by atoms with Crippen LogP contribution in [0.15, 0.2) is 33.6 Å². The molecule has 0 aliphatic carbocycles. The molecule has 0 unspecified atom stereocenters. The lowest BCUT2D eigenvalue weighted by atomic mass is 10.3. The molecule has 0 atom stereocenters. The van der Waals surface area contributed by atoms with Gasteiger partial charge in [0.25, 0.3) is 5.56 Å². The van der Waals surface area contributed by atoms with Crippen LogP contribution in [0.25, 0.3) is 11.2 Å². The molecule has 2 aromatic rings. The van der Waals surface area contributed by atoms with Gasteiger partial charge in [-0.1, -0.05) is 17.7 Å². The van der Waals surface area contributed by atoms with Crippen LogP contribution in [0.1, 0.15) is 20.8 Å². The molecule has 0 saturated carbocycles. The van der Waals surface area contributed by atoms with Crippen molar-refractivity contribution in [1.29, 1.82) is 0 Å². The molecule has 0 N–H and O–H groups in total. The van der Waals surface area contributed by atoms with E-state index in [-0.39, 0.29) is 11.2 Å². The maximum absolute atomic E-state index is 12.8. The Labute approximate surface area is 182 Å². The maximum atomic E-state index is 12.8. The Kier molecular flexibility index (Phi) is 9.96. The highest BCUT2D eigenvalue weighted by atomic mass is 19.1. The van der Waals surface area contributed by atoms with Crippen LogP contribution in [-0.4, -0.2) is 56.8 Å². The summed E-state index contributed by atoms with van der Waals surface area (Å²) in [6.07, 6.45) is 11.9. The number of piperazine rings is 1. The Hall–Kier alpha value is -3.12. The van der Waals surface area contributed by atoms with E-state index in [4.69, 9.17) is 4.98 Å². The highest BCUT2D eigenvalue weighted by Gasteiger charge is 2.24. The Morgan fingerprint density at radius 3 is 2.10 bits per heavy atom. The van der Waals surface area contributed by atoms with Gasteiger partial charge in [0.15, 0.2) is 11.2 Å². The van der Waals surface area contributed by atoms with Crippen molar-refractivity contribution in [3.63, 3.8) is 0 Å². The largest absolute Gasteiger partial charge is 0.340 e. The third-order valence-corrected chi connectivity index (χ3v) is 5.14. The topological polar surface area (TPSA) is 68.3 Å². The number of imidazole rings is 1. The summed E-state index contributed by atoms with van der Waals surface area (Å²) >= 11 is 0. The summed E-state index contributed by atoms with van der Waals surface area (Å²) in [7, 11) is 5.28. The lowest BCUT2D eigenvalue weighted by Gasteiger charge is -2.33. The second-order valence-electron chi connectivity index (χ2n) is 7.26. The Morgan fingerprint density at radius 1 is 1.06 bits per heavy atom. The lowest BCUT2D eigenvalue weighted by Crippen LogP contribution is -2.45. The zero-order valence-electron chi connectivity index (χ0n) is 19.3. The Balaban J connectivity index is 0.000000720. The van der Waals surface area contributed by atoms with Crippen molar-refractivity contribution in [3.8, 4) is 12.8 Å². The first-order valence-electron chi connectivity index (χ1n) is 10.0. The van der Waals surface area contributed by atoms with Gasteiger partial charge in [-0.3, -0.25) is 13.9 Å². The summed E-state index contributed by atoms with van der Waals surface area (Å²) < 4.78 is 15.1. The second kappa shape index (κ2) is 11.9. The van der Waals surface area contributed by atoms with Crippen molar-refractivity contribution in [2.24, 2.45) is 14.1 Å². The molecule has 8 nitrogen and oxygen atoms in total. The third-order valence-electron chi connectivity index (χ3n) is 5.14. The SMILES string of the molecule is C#C.C/C=C(\C)Cn1c(N2CCN(C)CC2)nc2c1c(=O)n(C)c(=O)n2C.C/C=C/F. The summed E-state index contributed by atoms with van der Waals surface area (Å²) in [5.41, 5.74) is 1.43. The fraction of sp³-hybridized carbons (Fsp3) is 0.500. The number of halogens is 1. The van der Waals surface area contributed by atoms with E-state index < -0.39 is 0 Å². The molecule has 1 aliphatic rings. The summed E-state index contributed by atoms with van der Waals surface area (Å²) in [4.78, 5) is 34.2. The number of likely N-dealkylation sites (N-methyl/N-ethyl adjacent to an activating group) is 1. The second-order valence-corrected chi connectivity index (χ2v) is 7.26. The summed E-state index contributed by atoms with van der Waals surface area (Å²) in [5, 5.41) is 0. The van der Waals surface area contributed by atoms with Crippen LogP contribution in [-0.2, 0) is 20.6 Å². The number of aromatic nitrogens is 4.